The van der Waals surface area contributed by atoms with Crippen molar-refractivity contribution >= 4 is 45.0 Å². The summed E-state index contributed by atoms with van der Waals surface area (Å²) in [6.45, 7) is 0. The molecule has 0 radical (unpaired) electrons. The predicted octanol–water partition coefficient (Wildman–Crippen LogP) is 2.93. The number of sulfonamides is 1. The number of carbonyl (C=O) groups is 2. The van der Waals surface area contributed by atoms with E-state index in [-0.39, 0.29) is 27.4 Å². The van der Waals surface area contributed by atoms with Gasteiger partial charge in [0.15, 0.2) is 0 Å². The molecular formula is C21H20Cl2N4O4S. The second-order valence-electron chi connectivity index (χ2n) is 7.51. The fourth-order valence-corrected chi connectivity index (χ4v) is 5.72. The summed E-state index contributed by atoms with van der Waals surface area (Å²) in [5, 5.41) is 5.67. The van der Waals surface area contributed by atoms with Crippen molar-refractivity contribution in [1.82, 2.24) is 19.9 Å². The van der Waals surface area contributed by atoms with Crippen molar-refractivity contribution < 1.29 is 18.0 Å². The van der Waals surface area contributed by atoms with Gasteiger partial charge < -0.3 is 10.6 Å². The third-order valence-electron chi connectivity index (χ3n) is 5.44. The number of rotatable bonds is 5. The van der Waals surface area contributed by atoms with Gasteiger partial charge in [0.05, 0.1) is 27.4 Å². The third kappa shape index (κ3) is 4.46. The van der Waals surface area contributed by atoms with E-state index < -0.39 is 27.9 Å². The van der Waals surface area contributed by atoms with Crippen LogP contribution in [0.15, 0.2) is 53.8 Å². The van der Waals surface area contributed by atoms with Gasteiger partial charge in [0, 0.05) is 24.3 Å². The summed E-state index contributed by atoms with van der Waals surface area (Å²) < 4.78 is 27.3. The van der Waals surface area contributed by atoms with Crippen molar-refractivity contribution in [2.75, 3.05) is 0 Å². The van der Waals surface area contributed by atoms with E-state index >= 15 is 0 Å². The molecule has 0 saturated carbocycles. The molecule has 32 heavy (non-hydrogen) atoms. The van der Waals surface area contributed by atoms with Crippen molar-refractivity contribution in [2.45, 2.75) is 42.7 Å². The molecule has 2 aromatic rings. The highest BCUT2D eigenvalue weighted by Crippen LogP contribution is 2.30. The monoisotopic (exact) mass is 494 g/mol. The molecule has 0 saturated heterocycles. The second-order valence-corrected chi connectivity index (χ2v) is 10.2. The summed E-state index contributed by atoms with van der Waals surface area (Å²) >= 11 is 11.9. The Balaban J connectivity index is 1.55. The van der Waals surface area contributed by atoms with Gasteiger partial charge in [-0.05, 0) is 49.1 Å². The van der Waals surface area contributed by atoms with Crippen molar-refractivity contribution in [1.29, 1.82) is 0 Å². The molecule has 1 aliphatic heterocycles. The van der Waals surface area contributed by atoms with Crippen LogP contribution in [-0.2, 0) is 26.0 Å². The van der Waals surface area contributed by atoms with Gasteiger partial charge in [-0.25, -0.2) is 8.42 Å². The van der Waals surface area contributed by atoms with Gasteiger partial charge in [0.1, 0.15) is 6.04 Å². The van der Waals surface area contributed by atoms with E-state index in [4.69, 9.17) is 23.2 Å². The zero-order valence-corrected chi connectivity index (χ0v) is 19.1. The third-order valence-corrected chi connectivity index (χ3v) is 7.96. The fourth-order valence-electron chi connectivity index (χ4n) is 3.88. The van der Waals surface area contributed by atoms with Gasteiger partial charge in [-0.2, -0.15) is 0 Å². The smallest absolute Gasteiger partial charge is 0.264 e. The summed E-state index contributed by atoms with van der Waals surface area (Å²) in [5.41, 5.74) is 1.88. The van der Waals surface area contributed by atoms with Crippen LogP contribution in [-0.4, -0.2) is 35.6 Å². The van der Waals surface area contributed by atoms with E-state index in [1.54, 1.807) is 6.20 Å². The molecule has 1 aromatic carbocycles. The van der Waals surface area contributed by atoms with E-state index in [0.29, 0.717) is 0 Å². The number of amides is 2. The number of aromatic nitrogens is 1. The van der Waals surface area contributed by atoms with Crippen LogP contribution in [0.25, 0.3) is 0 Å². The van der Waals surface area contributed by atoms with Crippen molar-refractivity contribution in [3.63, 3.8) is 0 Å². The molecule has 2 N–H and O–H groups in total. The van der Waals surface area contributed by atoms with Gasteiger partial charge in [-0.15, -0.1) is 0 Å². The number of nitrogens with zero attached hydrogens (tertiary/aromatic N) is 2. The van der Waals surface area contributed by atoms with Crippen molar-refractivity contribution in [3.05, 3.63) is 70.2 Å². The predicted molar refractivity (Wildman–Crippen MR) is 119 cm³/mol. The number of fused-ring (bicyclic) bond motifs is 1. The lowest BCUT2D eigenvalue weighted by atomic mass is 9.91. The topological polar surface area (TPSA) is 108 Å². The molecule has 2 aliphatic rings. The van der Waals surface area contributed by atoms with Gasteiger partial charge in [0.25, 0.3) is 10.0 Å². The summed E-state index contributed by atoms with van der Waals surface area (Å²) in [5.74, 6) is -1.03. The lowest BCUT2D eigenvalue weighted by molar-refractivity contribution is -0.129. The highest BCUT2D eigenvalue weighted by molar-refractivity contribution is 7.89. The number of pyridine rings is 1. The fraction of sp³-hybridized carbons (Fsp3) is 0.286. The zero-order chi connectivity index (χ0) is 22.9. The first-order valence-electron chi connectivity index (χ1n) is 9.96. The number of benzene rings is 1. The van der Waals surface area contributed by atoms with Gasteiger partial charge in [-0.3, -0.25) is 18.9 Å². The molecule has 2 atom stereocenters. The first kappa shape index (κ1) is 22.6. The minimum absolute atomic E-state index is 0.0667. The number of nitrogens with one attached hydrogen (secondary N) is 2. The molecule has 1 aromatic heterocycles. The Labute approximate surface area is 195 Å². The molecule has 4 rings (SSSR count). The SMILES string of the molecule is O=C(C[C@@H]1C(=O)NC=CN1S(=O)(=O)c1ccc(Cl)c(Cl)c1)N[C@@H]1CCCc2ncccc21. The average Bonchev–Trinajstić information content (AvgIpc) is 2.77. The van der Waals surface area contributed by atoms with Crippen molar-refractivity contribution in [2.24, 2.45) is 0 Å². The number of halogens is 2. The molecular weight excluding hydrogens is 475 g/mol. The highest BCUT2D eigenvalue weighted by Gasteiger charge is 2.37. The van der Waals surface area contributed by atoms with Crippen molar-refractivity contribution in [3.8, 4) is 0 Å². The number of hydrogen-bond donors (Lipinski definition) is 2. The number of carbonyl (C=O) groups excluding carboxylic acids is 2. The van der Waals surface area contributed by atoms with Crippen LogP contribution in [0, 0.1) is 0 Å². The van der Waals surface area contributed by atoms with Crippen LogP contribution in [0.2, 0.25) is 10.0 Å². The lowest BCUT2D eigenvalue weighted by Gasteiger charge is -2.32. The van der Waals surface area contributed by atoms with Crippen LogP contribution in [0.5, 0.6) is 0 Å². The molecule has 1 aliphatic carbocycles. The van der Waals surface area contributed by atoms with E-state index in [2.05, 4.69) is 15.6 Å². The molecule has 2 heterocycles. The lowest BCUT2D eigenvalue weighted by Crippen LogP contribution is -2.51. The van der Waals surface area contributed by atoms with Crippen LogP contribution >= 0.6 is 23.2 Å². The molecule has 8 nitrogen and oxygen atoms in total. The normalized spacial score (nSPS) is 20.4. The Morgan fingerprint density at radius 3 is 2.84 bits per heavy atom. The van der Waals surface area contributed by atoms with Crippen LogP contribution in [0.3, 0.4) is 0 Å². The summed E-state index contributed by atoms with van der Waals surface area (Å²) in [7, 11) is -4.16. The van der Waals surface area contributed by atoms with E-state index in [1.807, 2.05) is 12.1 Å². The number of hydrogen-bond acceptors (Lipinski definition) is 5. The zero-order valence-electron chi connectivity index (χ0n) is 16.8. The summed E-state index contributed by atoms with van der Waals surface area (Å²) in [4.78, 5) is 29.6. The first-order valence-corrected chi connectivity index (χ1v) is 12.2. The molecule has 2 amide bonds. The quantitative estimate of drug-likeness (QED) is 0.663. The maximum atomic E-state index is 13.2. The summed E-state index contributed by atoms with van der Waals surface area (Å²) in [6.07, 6.45) is 6.27. The largest absolute Gasteiger partial charge is 0.349 e. The maximum Gasteiger partial charge on any atom is 0.264 e. The summed E-state index contributed by atoms with van der Waals surface area (Å²) in [6, 6.07) is 6.12. The van der Waals surface area contributed by atoms with Crippen LogP contribution < -0.4 is 10.6 Å². The molecule has 11 heteroatoms. The minimum Gasteiger partial charge on any atom is -0.349 e. The first-order chi connectivity index (χ1) is 15.3. The van der Waals surface area contributed by atoms with E-state index in [9.17, 15) is 18.0 Å². The molecule has 0 bridgehead atoms. The second kappa shape index (κ2) is 9.09. The Hall–Kier alpha value is -2.62. The van der Waals surface area contributed by atoms with Gasteiger partial charge >= 0.3 is 0 Å². The van der Waals surface area contributed by atoms with Gasteiger partial charge in [-0.1, -0.05) is 29.3 Å². The Bertz CT molecular complexity index is 1200. The Kier molecular flexibility index (Phi) is 6.41. The highest BCUT2D eigenvalue weighted by atomic mass is 35.5. The van der Waals surface area contributed by atoms with Crippen LogP contribution in [0.1, 0.15) is 36.6 Å². The molecule has 0 fully saturated rings. The maximum absolute atomic E-state index is 13.2. The van der Waals surface area contributed by atoms with E-state index in [1.165, 1.54) is 30.6 Å². The number of aryl methyl sites for hydroxylation is 1. The Morgan fingerprint density at radius 1 is 1.25 bits per heavy atom. The van der Waals surface area contributed by atoms with Crippen LogP contribution in [0.4, 0.5) is 0 Å². The van der Waals surface area contributed by atoms with E-state index in [0.717, 1.165) is 34.8 Å². The minimum atomic E-state index is -4.16. The van der Waals surface area contributed by atoms with Gasteiger partial charge in [0.2, 0.25) is 11.8 Å². The molecule has 168 valence electrons. The Morgan fingerprint density at radius 2 is 2.06 bits per heavy atom. The molecule has 0 spiro atoms. The standard InChI is InChI=1S/C21H20Cl2N4O4S/c22-15-7-6-13(11-16(15)23)32(30,31)27-10-9-25-21(29)19(27)12-20(28)26-18-5-1-4-17-14(18)3-2-8-24-17/h2-3,6-11,18-19H,1,4-5,12H2,(H,25,29)(H,26,28)/t18-,19-/m1/s1. The average molecular weight is 495 g/mol. The molecule has 0 unspecified atom stereocenters.